The fraction of sp³-hybridized carbons (Fsp3) is 0.235. The molecule has 0 aromatic heterocycles. The van der Waals surface area contributed by atoms with Gasteiger partial charge in [0.05, 0.1) is 6.54 Å². The van der Waals surface area contributed by atoms with Crippen molar-refractivity contribution in [2.24, 2.45) is 0 Å². The number of rotatable bonds is 5. The van der Waals surface area contributed by atoms with E-state index in [4.69, 9.17) is 4.74 Å². The highest BCUT2D eigenvalue weighted by Crippen LogP contribution is 2.18. The highest BCUT2D eigenvalue weighted by atomic mass is 16.5. The number of carbonyl (C=O) groups is 1. The van der Waals surface area contributed by atoms with Gasteiger partial charge in [0.25, 0.3) is 5.91 Å². The first kappa shape index (κ1) is 14.1. The predicted octanol–water partition coefficient (Wildman–Crippen LogP) is 3.11. The zero-order valence-corrected chi connectivity index (χ0v) is 11.8. The predicted molar refractivity (Wildman–Crippen MR) is 80.2 cm³/mol. The zero-order valence-electron chi connectivity index (χ0n) is 11.8. The Morgan fingerprint density at radius 2 is 1.85 bits per heavy atom. The molecule has 0 heterocycles. The second kappa shape index (κ2) is 6.75. The number of ether oxygens (including phenoxy) is 1. The van der Waals surface area contributed by atoms with Crippen LogP contribution in [0.1, 0.15) is 21.5 Å². The van der Waals surface area contributed by atoms with Gasteiger partial charge in [-0.3, -0.25) is 4.79 Å². The van der Waals surface area contributed by atoms with Gasteiger partial charge < -0.3 is 10.1 Å². The quantitative estimate of drug-likeness (QED) is 0.847. The van der Waals surface area contributed by atoms with Crippen molar-refractivity contribution < 1.29 is 9.53 Å². The van der Waals surface area contributed by atoms with Crippen LogP contribution in [0.25, 0.3) is 0 Å². The summed E-state index contributed by atoms with van der Waals surface area (Å²) < 4.78 is 5.69. The fourth-order valence-corrected chi connectivity index (χ4v) is 1.88. The Hall–Kier alpha value is -2.29. The SMILES string of the molecule is Cc1ccc(C)c(OCCNC(=O)c2ccccc2)c1. The molecule has 0 radical (unpaired) electrons. The normalized spacial score (nSPS) is 10.1. The number of amides is 1. The first-order chi connectivity index (χ1) is 9.66. The van der Waals surface area contributed by atoms with Crippen LogP contribution in [0, 0.1) is 13.8 Å². The first-order valence-electron chi connectivity index (χ1n) is 6.70. The van der Waals surface area contributed by atoms with E-state index in [1.165, 1.54) is 5.56 Å². The average molecular weight is 269 g/mol. The van der Waals surface area contributed by atoms with Gasteiger partial charge in [-0.25, -0.2) is 0 Å². The van der Waals surface area contributed by atoms with Crippen LogP contribution in [0.5, 0.6) is 5.75 Å². The Balaban J connectivity index is 1.79. The van der Waals surface area contributed by atoms with E-state index in [-0.39, 0.29) is 5.91 Å². The molecule has 0 aliphatic rings. The summed E-state index contributed by atoms with van der Waals surface area (Å²) in [6, 6.07) is 15.3. The van der Waals surface area contributed by atoms with Crippen molar-refractivity contribution in [2.45, 2.75) is 13.8 Å². The summed E-state index contributed by atoms with van der Waals surface area (Å²) in [6.07, 6.45) is 0. The van der Waals surface area contributed by atoms with Crippen molar-refractivity contribution in [1.29, 1.82) is 0 Å². The van der Waals surface area contributed by atoms with Gasteiger partial charge in [-0.15, -0.1) is 0 Å². The number of aryl methyl sites for hydroxylation is 2. The summed E-state index contributed by atoms with van der Waals surface area (Å²) in [5, 5.41) is 2.84. The molecule has 0 atom stereocenters. The molecule has 0 spiro atoms. The maximum atomic E-state index is 11.8. The lowest BCUT2D eigenvalue weighted by atomic mass is 10.1. The third kappa shape index (κ3) is 3.85. The lowest BCUT2D eigenvalue weighted by Gasteiger charge is -2.10. The topological polar surface area (TPSA) is 38.3 Å². The Morgan fingerprint density at radius 1 is 1.10 bits per heavy atom. The van der Waals surface area contributed by atoms with E-state index < -0.39 is 0 Å². The van der Waals surface area contributed by atoms with E-state index in [9.17, 15) is 4.79 Å². The molecule has 0 aliphatic carbocycles. The summed E-state index contributed by atoms with van der Waals surface area (Å²) in [6.45, 7) is 4.99. The molecule has 0 bridgehead atoms. The Labute approximate surface area is 119 Å². The van der Waals surface area contributed by atoms with Crippen LogP contribution in [-0.4, -0.2) is 19.1 Å². The molecule has 2 aromatic carbocycles. The second-order valence-corrected chi connectivity index (χ2v) is 4.74. The van der Waals surface area contributed by atoms with Gasteiger partial charge >= 0.3 is 0 Å². The molecule has 3 nitrogen and oxygen atoms in total. The van der Waals surface area contributed by atoms with Crippen LogP contribution in [-0.2, 0) is 0 Å². The number of hydrogen-bond acceptors (Lipinski definition) is 2. The van der Waals surface area contributed by atoms with E-state index >= 15 is 0 Å². The standard InChI is InChI=1S/C17H19NO2/c1-13-8-9-14(2)16(12-13)20-11-10-18-17(19)15-6-4-3-5-7-15/h3-9,12H,10-11H2,1-2H3,(H,18,19). The van der Waals surface area contributed by atoms with Crippen molar-refractivity contribution in [3.05, 3.63) is 65.2 Å². The van der Waals surface area contributed by atoms with Crippen molar-refractivity contribution >= 4 is 5.91 Å². The van der Waals surface area contributed by atoms with Crippen molar-refractivity contribution in [1.82, 2.24) is 5.32 Å². The fourth-order valence-electron chi connectivity index (χ4n) is 1.88. The van der Waals surface area contributed by atoms with Gasteiger partial charge in [0.2, 0.25) is 0 Å². The molecule has 20 heavy (non-hydrogen) atoms. The molecule has 3 heteroatoms. The second-order valence-electron chi connectivity index (χ2n) is 4.74. The van der Waals surface area contributed by atoms with Gasteiger partial charge in [-0.05, 0) is 43.2 Å². The van der Waals surface area contributed by atoms with Crippen LogP contribution in [0.15, 0.2) is 48.5 Å². The third-order valence-electron chi connectivity index (χ3n) is 3.02. The Bertz CT molecular complexity index is 579. The largest absolute Gasteiger partial charge is 0.491 e. The van der Waals surface area contributed by atoms with Crippen LogP contribution >= 0.6 is 0 Å². The van der Waals surface area contributed by atoms with Crippen LogP contribution < -0.4 is 10.1 Å². The number of nitrogens with one attached hydrogen (secondary N) is 1. The van der Waals surface area contributed by atoms with Gasteiger partial charge in [0.15, 0.2) is 0 Å². The molecule has 0 aliphatic heterocycles. The lowest BCUT2D eigenvalue weighted by Crippen LogP contribution is -2.28. The molecule has 0 saturated heterocycles. The summed E-state index contributed by atoms with van der Waals surface area (Å²) >= 11 is 0. The molecule has 1 N–H and O–H groups in total. The highest BCUT2D eigenvalue weighted by Gasteiger charge is 2.04. The summed E-state index contributed by atoms with van der Waals surface area (Å²) in [5.41, 5.74) is 2.93. The zero-order chi connectivity index (χ0) is 14.4. The van der Waals surface area contributed by atoms with E-state index in [2.05, 4.69) is 11.4 Å². The molecule has 1 amide bonds. The molecular formula is C17H19NO2. The molecule has 0 fully saturated rings. The van der Waals surface area contributed by atoms with Crippen LogP contribution in [0.2, 0.25) is 0 Å². The smallest absolute Gasteiger partial charge is 0.251 e. The van der Waals surface area contributed by atoms with Crippen LogP contribution in [0.3, 0.4) is 0 Å². The van der Waals surface area contributed by atoms with E-state index in [0.717, 1.165) is 11.3 Å². The minimum atomic E-state index is -0.0739. The molecule has 2 rings (SSSR count). The summed E-state index contributed by atoms with van der Waals surface area (Å²) in [5.74, 6) is 0.800. The number of carbonyl (C=O) groups excluding carboxylic acids is 1. The van der Waals surface area contributed by atoms with Gasteiger partial charge in [-0.1, -0.05) is 30.3 Å². The third-order valence-corrected chi connectivity index (χ3v) is 3.02. The first-order valence-corrected chi connectivity index (χ1v) is 6.70. The minimum absolute atomic E-state index is 0.0739. The van der Waals surface area contributed by atoms with Crippen molar-refractivity contribution in [3.8, 4) is 5.75 Å². The molecule has 0 saturated carbocycles. The maximum Gasteiger partial charge on any atom is 0.251 e. The van der Waals surface area contributed by atoms with Crippen molar-refractivity contribution in [3.63, 3.8) is 0 Å². The van der Waals surface area contributed by atoms with Gasteiger partial charge in [0, 0.05) is 5.56 Å². The minimum Gasteiger partial charge on any atom is -0.491 e. The molecule has 0 unspecified atom stereocenters. The molecule has 104 valence electrons. The monoisotopic (exact) mass is 269 g/mol. The number of benzene rings is 2. The molecular weight excluding hydrogens is 250 g/mol. The van der Waals surface area contributed by atoms with Crippen molar-refractivity contribution in [2.75, 3.05) is 13.2 Å². The molecule has 2 aromatic rings. The van der Waals surface area contributed by atoms with E-state index in [0.29, 0.717) is 18.7 Å². The number of hydrogen-bond donors (Lipinski definition) is 1. The Morgan fingerprint density at radius 3 is 2.60 bits per heavy atom. The van der Waals surface area contributed by atoms with E-state index in [1.54, 1.807) is 12.1 Å². The average Bonchev–Trinajstić information content (AvgIpc) is 2.47. The Kier molecular flexibility index (Phi) is 4.77. The summed E-state index contributed by atoms with van der Waals surface area (Å²) in [4.78, 5) is 11.8. The maximum absolute atomic E-state index is 11.8. The van der Waals surface area contributed by atoms with Crippen LogP contribution in [0.4, 0.5) is 0 Å². The van der Waals surface area contributed by atoms with E-state index in [1.807, 2.05) is 44.2 Å². The summed E-state index contributed by atoms with van der Waals surface area (Å²) in [7, 11) is 0. The highest BCUT2D eigenvalue weighted by molar-refractivity contribution is 5.94. The van der Waals surface area contributed by atoms with Gasteiger partial charge in [-0.2, -0.15) is 0 Å². The lowest BCUT2D eigenvalue weighted by molar-refractivity contribution is 0.0947. The van der Waals surface area contributed by atoms with Gasteiger partial charge in [0.1, 0.15) is 12.4 Å².